The van der Waals surface area contributed by atoms with Crippen LogP contribution in [0.15, 0.2) is 53.8 Å². The van der Waals surface area contributed by atoms with E-state index < -0.39 is 28.4 Å². The second kappa shape index (κ2) is 9.56. The van der Waals surface area contributed by atoms with Gasteiger partial charge in [-0.3, -0.25) is 14.1 Å². The molecule has 1 aromatic carbocycles. The topological polar surface area (TPSA) is 77.6 Å². The lowest BCUT2D eigenvalue weighted by Crippen LogP contribution is -2.49. The highest BCUT2D eigenvalue weighted by Gasteiger charge is 2.46. The van der Waals surface area contributed by atoms with Crippen LogP contribution in [0.25, 0.3) is 16.8 Å². The minimum absolute atomic E-state index is 0.222. The maximum atomic E-state index is 14.1. The van der Waals surface area contributed by atoms with Gasteiger partial charge < -0.3 is 9.30 Å². The van der Waals surface area contributed by atoms with Crippen LogP contribution in [0.3, 0.4) is 0 Å². The van der Waals surface area contributed by atoms with E-state index in [1.165, 1.54) is 12.4 Å². The molecule has 0 N–H and O–H groups in total. The van der Waals surface area contributed by atoms with Gasteiger partial charge in [-0.25, -0.2) is 4.98 Å². The summed E-state index contributed by atoms with van der Waals surface area (Å²) in [7, 11) is 1.86. The van der Waals surface area contributed by atoms with Gasteiger partial charge in [0.15, 0.2) is 5.65 Å². The number of benzene rings is 1. The van der Waals surface area contributed by atoms with Crippen molar-refractivity contribution in [2.45, 2.75) is 37.9 Å². The summed E-state index contributed by atoms with van der Waals surface area (Å²) in [5.41, 5.74) is -0.265. The van der Waals surface area contributed by atoms with E-state index in [1.807, 2.05) is 29.8 Å². The average Bonchev–Trinajstić information content (AvgIpc) is 3.29. The number of hydrogen-bond donors (Lipinski definition) is 0. The Morgan fingerprint density at radius 2 is 2.03 bits per heavy atom. The monoisotopic (exact) mass is 538 g/mol. The van der Waals surface area contributed by atoms with Gasteiger partial charge in [0.2, 0.25) is 0 Å². The Balaban J connectivity index is 1.44. The summed E-state index contributed by atoms with van der Waals surface area (Å²) in [6.45, 7) is 4.94. The summed E-state index contributed by atoms with van der Waals surface area (Å²) in [4.78, 5) is 20.0. The Kier molecular flexibility index (Phi) is 6.30. The minimum atomic E-state index is -4.65. The van der Waals surface area contributed by atoms with Gasteiger partial charge in [-0.2, -0.15) is 13.2 Å². The summed E-state index contributed by atoms with van der Waals surface area (Å²) >= 11 is 0. The maximum absolute atomic E-state index is 14.1. The van der Waals surface area contributed by atoms with E-state index in [-0.39, 0.29) is 5.56 Å². The average molecular weight is 539 g/mol. The van der Waals surface area contributed by atoms with Crippen LogP contribution in [-0.4, -0.2) is 55.4 Å². The number of hydrogen-bond acceptors (Lipinski definition) is 6. The molecular weight excluding hydrogens is 509 g/mol. The second-order valence-corrected chi connectivity index (χ2v) is 10.8. The molecule has 0 saturated carbocycles. The molecule has 8 nitrogen and oxygen atoms in total. The van der Waals surface area contributed by atoms with Crippen molar-refractivity contribution >= 4 is 5.65 Å². The van der Waals surface area contributed by atoms with E-state index in [4.69, 9.17) is 4.74 Å². The van der Waals surface area contributed by atoms with Gasteiger partial charge in [-0.1, -0.05) is 25.1 Å². The zero-order chi connectivity index (χ0) is 27.4. The van der Waals surface area contributed by atoms with E-state index in [0.717, 1.165) is 47.8 Å². The molecule has 0 bridgehead atoms. The Hall–Kier alpha value is -3.57. The molecule has 3 aromatic heterocycles. The number of ether oxygens (including phenoxy) is 1. The molecule has 1 atom stereocenters. The highest BCUT2D eigenvalue weighted by atomic mass is 19.4. The molecule has 2 aliphatic heterocycles. The molecule has 204 valence electrons. The number of rotatable bonds is 5. The highest BCUT2D eigenvalue weighted by molar-refractivity contribution is 5.66. The highest BCUT2D eigenvalue weighted by Crippen LogP contribution is 2.39. The fraction of sp³-hybridized carbons (Fsp3) is 0.429. The van der Waals surface area contributed by atoms with Gasteiger partial charge in [0.05, 0.1) is 24.3 Å². The third-order valence-electron chi connectivity index (χ3n) is 7.87. The fourth-order valence-corrected chi connectivity index (χ4v) is 5.85. The molecule has 2 saturated heterocycles. The third kappa shape index (κ3) is 4.53. The number of nitrogens with zero attached hydrogens (tertiary/aromatic N) is 6. The van der Waals surface area contributed by atoms with Crippen LogP contribution in [-0.2, 0) is 29.9 Å². The van der Waals surface area contributed by atoms with Crippen LogP contribution in [0.5, 0.6) is 0 Å². The standard InChI is InChI=1S/C28H29F3N6O2/c1-18-5-4-8-36(12-18)13-19-9-23(28(29,30)31)24-32-11-22(25(38)37(24)14-19)20-6-3-7-21(10-20)27(15-39-16-27)26-34-33-17-35(26)2/h3,6-7,9-11,14,17-18H,4-5,8,12-13,15-16H2,1-2H3/t18-/m0/s1. The number of piperidine rings is 1. The van der Waals surface area contributed by atoms with Crippen LogP contribution in [0.4, 0.5) is 13.2 Å². The molecule has 0 spiro atoms. The van der Waals surface area contributed by atoms with Crippen molar-refractivity contribution in [3.05, 3.63) is 81.9 Å². The fourth-order valence-electron chi connectivity index (χ4n) is 5.85. The molecule has 5 heterocycles. The molecule has 0 aliphatic carbocycles. The molecule has 2 aliphatic rings. The number of halogens is 3. The Bertz CT molecular complexity index is 1590. The lowest BCUT2D eigenvalue weighted by molar-refractivity contribution is -0.136. The Morgan fingerprint density at radius 3 is 2.69 bits per heavy atom. The molecular formula is C28H29F3N6O2. The van der Waals surface area contributed by atoms with E-state index in [9.17, 15) is 18.0 Å². The molecule has 4 aromatic rings. The predicted molar refractivity (Wildman–Crippen MR) is 138 cm³/mol. The van der Waals surface area contributed by atoms with Gasteiger partial charge in [-0.05, 0) is 54.1 Å². The zero-order valence-electron chi connectivity index (χ0n) is 21.8. The van der Waals surface area contributed by atoms with Crippen LogP contribution >= 0.6 is 0 Å². The normalized spacial score (nSPS) is 19.8. The first-order valence-electron chi connectivity index (χ1n) is 13.0. The lowest BCUT2D eigenvalue weighted by atomic mass is 9.77. The van der Waals surface area contributed by atoms with E-state index in [1.54, 1.807) is 12.4 Å². The second-order valence-electron chi connectivity index (χ2n) is 10.8. The smallest absolute Gasteiger partial charge is 0.378 e. The van der Waals surface area contributed by atoms with Crippen molar-refractivity contribution in [2.24, 2.45) is 13.0 Å². The number of likely N-dealkylation sites (tertiary alicyclic amines) is 1. The van der Waals surface area contributed by atoms with Crippen molar-refractivity contribution in [3.8, 4) is 11.1 Å². The number of pyridine rings is 1. The van der Waals surface area contributed by atoms with Gasteiger partial charge in [0.1, 0.15) is 17.6 Å². The van der Waals surface area contributed by atoms with Crippen molar-refractivity contribution in [1.82, 2.24) is 29.0 Å². The largest absolute Gasteiger partial charge is 0.419 e. The quantitative estimate of drug-likeness (QED) is 0.382. The van der Waals surface area contributed by atoms with E-state index in [2.05, 4.69) is 27.0 Å². The van der Waals surface area contributed by atoms with Gasteiger partial charge in [0.25, 0.3) is 5.56 Å². The summed E-state index contributed by atoms with van der Waals surface area (Å²) in [5, 5.41) is 8.29. The van der Waals surface area contributed by atoms with Crippen LogP contribution in [0.2, 0.25) is 0 Å². The molecule has 39 heavy (non-hydrogen) atoms. The summed E-state index contributed by atoms with van der Waals surface area (Å²) in [6.07, 6.45) is 1.84. The minimum Gasteiger partial charge on any atom is -0.378 e. The first kappa shape index (κ1) is 25.7. The number of alkyl halides is 3. The van der Waals surface area contributed by atoms with Crippen LogP contribution < -0.4 is 5.56 Å². The van der Waals surface area contributed by atoms with Crippen molar-refractivity contribution in [2.75, 3.05) is 26.3 Å². The van der Waals surface area contributed by atoms with Crippen molar-refractivity contribution in [1.29, 1.82) is 0 Å². The molecule has 0 radical (unpaired) electrons. The molecule has 11 heteroatoms. The van der Waals surface area contributed by atoms with Gasteiger partial charge in [0, 0.05) is 32.5 Å². The summed E-state index contributed by atoms with van der Waals surface area (Å²) in [5.74, 6) is 1.22. The molecule has 0 amide bonds. The SMILES string of the molecule is C[C@H]1CCCN(Cc2cc(C(F)(F)F)c3ncc(-c4cccc(C5(c6nncn6C)COC5)c4)c(=O)n3c2)C1. The Labute approximate surface area is 223 Å². The van der Waals surface area contributed by atoms with Crippen molar-refractivity contribution in [3.63, 3.8) is 0 Å². The molecule has 6 rings (SSSR count). The lowest BCUT2D eigenvalue weighted by Gasteiger charge is -2.40. The molecule has 2 fully saturated rings. The number of aromatic nitrogens is 5. The number of fused-ring (bicyclic) bond motifs is 1. The van der Waals surface area contributed by atoms with Crippen LogP contribution in [0.1, 0.15) is 42.3 Å². The Morgan fingerprint density at radius 1 is 1.21 bits per heavy atom. The van der Waals surface area contributed by atoms with Gasteiger partial charge in [-0.15, -0.1) is 10.2 Å². The molecule has 0 unspecified atom stereocenters. The van der Waals surface area contributed by atoms with Gasteiger partial charge >= 0.3 is 6.18 Å². The van der Waals surface area contributed by atoms with E-state index >= 15 is 0 Å². The zero-order valence-corrected chi connectivity index (χ0v) is 21.8. The van der Waals surface area contributed by atoms with Crippen molar-refractivity contribution < 1.29 is 17.9 Å². The van der Waals surface area contributed by atoms with E-state index in [0.29, 0.717) is 36.8 Å². The van der Waals surface area contributed by atoms with Crippen LogP contribution in [0, 0.1) is 5.92 Å². The first-order chi connectivity index (χ1) is 18.7. The third-order valence-corrected chi connectivity index (χ3v) is 7.87. The predicted octanol–water partition coefficient (Wildman–Crippen LogP) is 4.06. The first-order valence-corrected chi connectivity index (χ1v) is 13.0. The maximum Gasteiger partial charge on any atom is 0.419 e. The summed E-state index contributed by atoms with van der Waals surface area (Å²) in [6, 6.07) is 8.52. The number of aryl methyl sites for hydroxylation is 1. The summed E-state index contributed by atoms with van der Waals surface area (Å²) < 4.78 is 50.7.